The summed E-state index contributed by atoms with van der Waals surface area (Å²) in [6.45, 7) is 5.90. The van der Waals surface area contributed by atoms with E-state index in [9.17, 15) is 13.9 Å². The van der Waals surface area contributed by atoms with E-state index < -0.39 is 17.7 Å². The third-order valence-corrected chi connectivity index (χ3v) is 3.95. The van der Waals surface area contributed by atoms with Crippen molar-refractivity contribution in [3.8, 4) is 0 Å². The standard InChI is InChI=1S/C16H23F2NO2/c1-9-6-13(7-10(2)21-9)19-11(3)16(20)12-4-5-14(17)15(18)8-12/h4-5,8-11,13,16,19-20H,6-7H2,1-3H3. The molecule has 1 aliphatic heterocycles. The van der Waals surface area contributed by atoms with Crippen LogP contribution in [0.4, 0.5) is 8.78 Å². The highest BCUT2D eigenvalue weighted by molar-refractivity contribution is 5.21. The molecular weight excluding hydrogens is 276 g/mol. The molecule has 5 heteroatoms. The van der Waals surface area contributed by atoms with Gasteiger partial charge in [0.15, 0.2) is 11.6 Å². The second kappa shape index (κ2) is 6.81. The third-order valence-electron chi connectivity index (χ3n) is 3.95. The van der Waals surface area contributed by atoms with E-state index in [4.69, 9.17) is 4.74 Å². The molecule has 0 amide bonds. The van der Waals surface area contributed by atoms with Gasteiger partial charge in [-0.3, -0.25) is 0 Å². The van der Waals surface area contributed by atoms with Gasteiger partial charge >= 0.3 is 0 Å². The predicted molar refractivity (Wildman–Crippen MR) is 76.9 cm³/mol. The highest BCUT2D eigenvalue weighted by Gasteiger charge is 2.27. The van der Waals surface area contributed by atoms with Crippen LogP contribution >= 0.6 is 0 Å². The summed E-state index contributed by atoms with van der Waals surface area (Å²) in [6, 6.07) is 3.50. The maximum atomic E-state index is 13.2. The van der Waals surface area contributed by atoms with Gasteiger partial charge in [-0.15, -0.1) is 0 Å². The van der Waals surface area contributed by atoms with Crippen LogP contribution in [-0.4, -0.2) is 29.4 Å². The fourth-order valence-corrected chi connectivity index (χ4v) is 2.99. The Hall–Kier alpha value is -1.04. The van der Waals surface area contributed by atoms with Gasteiger partial charge in [0.1, 0.15) is 0 Å². The summed E-state index contributed by atoms with van der Waals surface area (Å²) in [7, 11) is 0. The average molecular weight is 299 g/mol. The van der Waals surface area contributed by atoms with E-state index >= 15 is 0 Å². The topological polar surface area (TPSA) is 41.5 Å². The van der Waals surface area contributed by atoms with E-state index in [2.05, 4.69) is 5.32 Å². The zero-order chi connectivity index (χ0) is 15.6. The first-order chi connectivity index (χ1) is 9.86. The lowest BCUT2D eigenvalue weighted by molar-refractivity contribution is -0.0458. The normalized spacial score (nSPS) is 29.1. The molecule has 3 nitrogen and oxygen atoms in total. The predicted octanol–water partition coefficient (Wildman–Crippen LogP) is 2.93. The summed E-state index contributed by atoms with van der Waals surface area (Å²) >= 11 is 0. The Morgan fingerprint density at radius 3 is 2.38 bits per heavy atom. The van der Waals surface area contributed by atoms with E-state index in [1.807, 2.05) is 20.8 Å². The van der Waals surface area contributed by atoms with Gasteiger partial charge in [0.05, 0.1) is 18.3 Å². The lowest BCUT2D eigenvalue weighted by atomic mass is 9.96. The second-order valence-corrected chi connectivity index (χ2v) is 6.00. The Labute approximate surface area is 124 Å². The molecule has 0 aliphatic carbocycles. The van der Waals surface area contributed by atoms with E-state index in [-0.39, 0.29) is 24.3 Å². The van der Waals surface area contributed by atoms with Gasteiger partial charge in [0.25, 0.3) is 0 Å². The van der Waals surface area contributed by atoms with Gasteiger partial charge in [-0.2, -0.15) is 0 Å². The monoisotopic (exact) mass is 299 g/mol. The lowest BCUT2D eigenvalue weighted by Crippen LogP contribution is -2.46. The highest BCUT2D eigenvalue weighted by atomic mass is 19.2. The van der Waals surface area contributed by atoms with Crippen molar-refractivity contribution in [2.75, 3.05) is 0 Å². The quantitative estimate of drug-likeness (QED) is 0.898. The number of aliphatic hydroxyl groups excluding tert-OH is 1. The first-order valence-corrected chi connectivity index (χ1v) is 7.41. The number of halogens is 2. The van der Waals surface area contributed by atoms with Crippen LogP contribution < -0.4 is 5.32 Å². The summed E-state index contributed by atoms with van der Waals surface area (Å²) < 4.78 is 31.9. The molecule has 1 aromatic rings. The summed E-state index contributed by atoms with van der Waals surface area (Å²) in [6.07, 6.45) is 1.23. The molecule has 1 heterocycles. The van der Waals surface area contributed by atoms with Crippen LogP contribution in [-0.2, 0) is 4.74 Å². The SMILES string of the molecule is CC1CC(NC(C)C(O)c2ccc(F)c(F)c2)CC(C)O1. The molecule has 1 aliphatic rings. The van der Waals surface area contributed by atoms with Gasteiger partial charge < -0.3 is 15.2 Å². The molecule has 118 valence electrons. The van der Waals surface area contributed by atoms with Gasteiger partial charge in [-0.05, 0) is 51.3 Å². The third kappa shape index (κ3) is 4.22. The Bertz CT molecular complexity index is 473. The first-order valence-electron chi connectivity index (χ1n) is 7.41. The lowest BCUT2D eigenvalue weighted by Gasteiger charge is -2.35. The maximum Gasteiger partial charge on any atom is 0.159 e. The van der Waals surface area contributed by atoms with Crippen molar-refractivity contribution in [2.45, 2.75) is 64.0 Å². The zero-order valence-corrected chi connectivity index (χ0v) is 12.6. The van der Waals surface area contributed by atoms with Crippen molar-refractivity contribution in [3.05, 3.63) is 35.4 Å². The molecule has 0 spiro atoms. The zero-order valence-electron chi connectivity index (χ0n) is 12.6. The molecule has 4 unspecified atom stereocenters. The molecule has 0 saturated carbocycles. The van der Waals surface area contributed by atoms with E-state index in [1.165, 1.54) is 6.07 Å². The van der Waals surface area contributed by atoms with E-state index in [1.54, 1.807) is 0 Å². The van der Waals surface area contributed by atoms with Crippen LogP contribution in [0.2, 0.25) is 0 Å². The molecule has 0 radical (unpaired) electrons. The molecule has 1 fully saturated rings. The maximum absolute atomic E-state index is 13.2. The molecule has 0 bridgehead atoms. The van der Waals surface area contributed by atoms with Crippen molar-refractivity contribution in [1.82, 2.24) is 5.32 Å². The molecule has 4 atom stereocenters. The highest BCUT2D eigenvalue weighted by Crippen LogP contribution is 2.23. The number of ether oxygens (including phenoxy) is 1. The van der Waals surface area contributed by atoms with Crippen molar-refractivity contribution < 1.29 is 18.6 Å². The minimum atomic E-state index is -0.938. The van der Waals surface area contributed by atoms with Crippen molar-refractivity contribution >= 4 is 0 Å². The van der Waals surface area contributed by atoms with Crippen molar-refractivity contribution in [1.29, 1.82) is 0 Å². The Morgan fingerprint density at radius 2 is 1.81 bits per heavy atom. The summed E-state index contributed by atoms with van der Waals surface area (Å²) in [5.74, 6) is -1.84. The first kappa shape index (κ1) is 16.3. The number of rotatable bonds is 4. The molecule has 0 aromatic heterocycles. The van der Waals surface area contributed by atoms with Crippen LogP contribution in [0.5, 0.6) is 0 Å². The fourth-order valence-electron chi connectivity index (χ4n) is 2.99. The molecule has 21 heavy (non-hydrogen) atoms. The summed E-state index contributed by atoms with van der Waals surface area (Å²) in [5, 5.41) is 13.6. The van der Waals surface area contributed by atoms with Crippen LogP contribution in [0.1, 0.15) is 45.3 Å². The van der Waals surface area contributed by atoms with E-state index in [0.29, 0.717) is 5.56 Å². The Kier molecular flexibility index (Phi) is 5.30. The van der Waals surface area contributed by atoms with Gasteiger partial charge in [0.2, 0.25) is 0 Å². The molecule has 1 saturated heterocycles. The largest absolute Gasteiger partial charge is 0.387 e. The van der Waals surface area contributed by atoms with Crippen LogP contribution in [0.25, 0.3) is 0 Å². The summed E-state index contributed by atoms with van der Waals surface area (Å²) in [4.78, 5) is 0. The number of benzene rings is 1. The van der Waals surface area contributed by atoms with Gasteiger partial charge in [0, 0.05) is 12.1 Å². The number of nitrogens with one attached hydrogen (secondary N) is 1. The fraction of sp³-hybridized carbons (Fsp3) is 0.625. The minimum absolute atomic E-state index is 0.179. The number of aliphatic hydroxyl groups is 1. The van der Waals surface area contributed by atoms with Gasteiger partial charge in [-0.1, -0.05) is 6.07 Å². The molecule has 1 aromatic carbocycles. The average Bonchev–Trinajstić information content (AvgIpc) is 2.39. The van der Waals surface area contributed by atoms with Gasteiger partial charge in [-0.25, -0.2) is 8.78 Å². The molecule has 2 rings (SSSR count). The van der Waals surface area contributed by atoms with Crippen LogP contribution in [0, 0.1) is 11.6 Å². The Balaban J connectivity index is 1.98. The smallest absolute Gasteiger partial charge is 0.159 e. The molecular formula is C16H23F2NO2. The number of hydrogen-bond acceptors (Lipinski definition) is 3. The number of hydrogen-bond donors (Lipinski definition) is 2. The molecule has 2 N–H and O–H groups in total. The van der Waals surface area contributed by atoms with E-state index in [0.717, 1.165) is 25.0 Å². The Morgan fingerprint density at radius 1 is 1.19 bits per heavy atom. The van der Waals surface area contributed by atoms with Crippen molar-refractivity contribution in [2.24, 2.45) is 0 Å². The minimum Gasteiger partial charge on any atom is -0.387 e. The van der Waals surface area contributed by atoms with Crippen LogP contribution in [0.15, 0.2) is 18.2 Å². The summed E-state index contributed by atoms with van der Waals surface area (Å²) in [5.41, 5.74) is 0.377. The van der Waals surface area contributed by atoms with Crippen molar-refractivity contribution in [3.63, 3.8) is 0 Å². The second-order valence-electron chi connectivity index (χ2n) is 6.00. The van der Waals surface area contributed by atoms with Crippen LogP contribution in [0.3, 0.4) is 0 Å².